The molecular formula is C19H18N2O2. The van der Waals surface area contributed by atoms with Gasteiger partial charge in [-0.15, -0.1) is 0 Å². The van der Waals surface area contributed by atoms with E-state index < -0.39 is 6.10 Å². The quantitative estimate of drug-likeness (QED) is 0.944. The van der Waals surface area contributed by atoms with Gasteiger partial charge in [0.2, 0.25) is 0 Å². The van der Waals surface area contributed by atoms with E-state index in [0.29, 0.717) is 11.3 Å². The molecule has 0 spiro atoms. The summed E-state index contributed by atoms with van der Waals surface area (Å²) in [4.78, 5) is 12.3. The smallest absolute Gasteiger partial charge is 0.261 e. The van der Waals surface area contributed by atoms with Crippen LogP contribution >= 0.6 is 0 Å². The number of rotatable bonds is 4. The Balaban J connectivity index is 1.61. The average molecular weight is 306 g/mol. The molecule has 2 aromatic carbocycles. The van der Waals surface area contributed by atoms with Gasteiger partial charge in [0.25, 0.3) is 5.91 Å². The number of hydrogen-bond donors (Lipinski definition) is 1. The van der Waals surface area contributed by atoms with Crippen LogP contribution < -0.4 is 10.1 Å². The minimum absolute atomic E-state index is 0.0608. The first-order valence-electron chi connectivity index (χ1n) is 7.72. The summed E-state index contributed by atoms with van der Waals surface area (Å²) in [6, 6.07) is 17.1. The van der Waals surface area contributed by atoms with E-state index in [1.54, 1.807) is 31.2 Å². The maximum atomic E-state index is 12.3. The Morgan fingerprint density at radius 2 is 2.00 bits per heavy atom. The number of aryl methyl sites for hydroxylation is 1. The summed E-state index contributed by atoms with van der Waals surface area (Å²) in [6.07, 6.45) is 1.33. The zero-order chi connectivity index (χ0) is 16.2. The first-order valence-corrected chi connectivity index (χ1v) is 7.72. The van der Waals surface area contributed by atoms with Crippen LogP contribution in [0.15, 0.2) is 48.5 Å². The average Bonchev–Trinajstić information content (AvgIpc) is 2.98. The number of benzene rings is 2. The van der Waals surface area contributed by atoms with Crippen LogP contribution in [0.5, 0.6) is 5.75 Å². The van der Waals surface area contributed by atoms with Gasteiger partial charge in [-0.1, -0.05) is 24.3 Å². The minimum Gasteiger partial charge on any atom is -0.481 e. The van der Waals surface area contributed by atoms with Crippen LogP contribution in [0.25, 0.3) is 0 Å². The zero-order valence-electron chi connectivity index (χ0n) is 13.0. The second kappa shape index (κ2) is 6.53. The Morgan fingerprint density at radius 1 is 1.26 bits per heavy atom. The third-order valence-electron chi connectivity index (χ3n) is 4.11. The van der Waals surface area contributed by atoms with Gasteiger partial charge in [-0.05, 0) is 55.2 Å². The Hall–Kier alpha value is -2.80. The van der Waals surface area contributed by atoms with Crippen LogP contribution in [0.3, 0.4) is 0 Å². The minimum atomic E-state index is -0.587. The molecule has 0 saturated heterocycles. The lowest BCUT2D eigenvalue weighted by Crippen LogP contribution is -2.38. The predicted octanol–water partition coefficient (Wildman–Crippen LogP) is 3.13. The van der Waals surface area contributed by atoms with Crippen LogP contribution in [-0.4, -0.2) is 12.0 Å². The molecule has 116 valence electrons. The molecule has 0 bridgehead atoms. The zero-order valence-corrected chi connectivity index (χ0v) is 13.0. The fourth-order valence-corrected chi connectivity index (χ4v) is 2.86. The molecule has 1 N–H and O–H groups in total. The Labute approximate surface area is 135 Å². The molecule has 3 rings (SSSR count). The maximum absolute atomic E-state index is 12.3. The maximum Gasteiger partial charge on any atom is 0.261 e. The molecule has 2 atom stereocenters. The fourth-order valence-electron chi connectivity index (χ4n) is 2.86. The van der Waals surface area contributed by atoms with Crippen molar-refractivity contribution in [2.45, 2.75) is 31.9 Å². The summed E-state index contributed by atoms with van der Waals surface area (Å²) in [6.45, 7) is 1.73. The summed E-state index contributed by atoms with van der Waals surface area (Å²) in [5.74, 6) is 0.453. The van der Waals surface area contributed by atoms with Gasteiger partial charge in [0.1, 0.15) is 5.75 Å². The predicted molar refractivity (Wildman–Crippen MR) is 86.9 cm³/mol. The van der Waals surface area contributed by atoms with E-state index in [9.17, 15) is 4.79 Å². The van der Waals surface area contributed by atoms with Crippen molar-refractivity contribution in [3.63, 3.8) is 0 Å². The number of nitrogens with zero attached hydrogens (tertiary/aromatic N) is 1. The van der Waals surface area contributed by atoms with Gasteiger partial charge >= 0.3 is 0 Å². The molecule has 0 aromatic heterocycles. The van der Waals surface area contributed by atoms with E-state index in [4.69, 9.17) is 10.00 Å². The number of carbonyl (C=O) groups is 1. The molecule has 0 aliphatic heterocycles. The fraction of sp³-hybridized carbons (Fsp3) is 0.263. The molecule has 4 nitrogen and oxygen atoms in total. The second-order valence-electron chi connectivity index (χ2n) is 5.69. The lowest BCUT2D eigenvalue weighted by atomic mass is 10.1. The van der Waals surface area contributed by atoms with Crippen molar-refractivity contribution in [3.05, 3.63) is 65.2 Å². The van der Waals surface area contributed by atoms with Crippen molar-refractivity contribution < 1.29 is 9.53 Å². The molecule has 2 aromatic rings. The number of nitriles is 1. The number of hydrogen-bond acceptors (Lipinski definition) is 3. The summed E-state index contributed by atoms with van der Waals surface area (Å²) in [7, 11) is 0. The highest BCUT2D eigenvalue weighted by molar-refractivity contribution is 5.81. The Morgan fingerprint density at radius 3 is 2.74 bits per heavy atom. The van der Waals surface area contributed by atoms with Gasteiger partial charge < -0.3 is 10.1 Å². The van der Waals surface area contributed by atoms with Crippen molar-refractivity contribution in [2.75, 3.05) is 0 Å². The van der Waals surface area contributed by atoms with Gasteiger partial charge in [0, 0.05) is 0 Å². The van der Waals surface area contributed by atoms with E-state index in [1.807, 2.05) is 12.1 Å². The lowest BCUT2D eigenvalue weighted by Gasteiger charge is -2.19. The second-order valence-corrected chi connectivity index (χ2v) is 5.69. The van der Waals surface area contributed by atoms with Crippen molar-refractivity contribution in [1.29, 1.82) is 5.26 Å². The van der Waals surface area contributed by atoms with Crippen molar-refractivity contribution in [1.82, 2.24) is 5.32 Å². The molecule has 23 heavy (non-hydrogen) atoms. The highest BCUT2D eigenvalue weighted by Gasteiger charge is 2.25. The third-order valence-corrected chi connectivity index (χ3v) is 4.11. The molecule has 0 heterocycles. The molecule has 1 amide bonds. The van der Waals surface area contributed by atoms with E-state index >= 15 is 0 Å². The Bertz CT molecular complexity index is 747. The number of carbonyl (C=O) groups excluding carboxylic acids is 1. The molecule has 0 saturated carbocycles. The van der Waals surface area contributed by atoms with Gasteiger partial charge in [0.05, 0.1) is 17.7 Å². The van der Waals surface area contributed by atoms with E-state index in [2.05, 4.69) is 23.5 Å². The number of nitrogens with one attached hydrogen (secondary N) is 1. The largest absolute Gasteiger partial charge is 0.481 e. The molecule has 0 unspecified atom stereocenters. The highest BCUT2D eigenvalue weighted by atomic mass is 16.5. The van der Waals surface area contributed by atoms with Crippen LogP contribution in [-0.2, 0) is 11.2 Å². The Kier molecular flexibility index (Phi) is 4.29. The third kappa shape index (κ3) is 3.35. The van der Waals surface area contributed by atoms with Gasteiger partial charge in [-0.3, -0.25) is 4.79 Å². The molecular weight excluding hydrogens is 288 g/mol. The molecule has 1 aliphatic rings. The number of fused-ring (bicyclic) bond motifs is 1. The van der Waals surface area contributed by atoms with E-state index in [-0.39, 0.29) is 11.9 Å². The van der Waals surface area contributed by atoms with Crippen LogP contribution in [0.2, 0.25) is 0 Å². The summed E-state index contributed by atoms with van der Waals surface area (Å²) >= 11 is 0. The topological polar surface area (TPSA) is 62.1 Å². The van der Waals surface area contributed by atoms with Crippen molar-refractivity contribution in [2.24, 2.45) is 0 Å². The van der Waals surface area contributed by atoms with Gasteiger partial charge in [-0.2, -0.15) is 5.26 Å². The molecule has 4 heteroatoms. The first-order chi connectivity index (χ1) is 11.2. The van der Waals surface area contributed by atoms with Crippen molar-refractivity contribution >= 4 is 5.91 Å². The summed E-state index contributed by atoms with van der Waals surface area (Å²) in [5, 5.41) is 11.8. The number of amides is 1. The molecule has 1 aliphatic carbocycles. The first kappa shape index (κ1) is 15.1. The highest BCUT2D eigenvalue weighted by Crippen LogP contribution is 2.30. The lowest BCUT2D eigenvalue weighted by molar-refractivity contribution is -0.128. The standard InChI is InChI=1S/C19H18N2O2/c1-13(23-16-9-6-14(12-20)7-10-16)19(22)21-18-11-8-15-4-2-3-5-17(15)18/h2-7,9-10,13,18H,8,11H2,1H3,(H,21,22)/t13-,18+/m1/s1. The van der Waals surface area contributed by atoms with Gasteiger partial charge in [-0.25, -0.2) is 0 Å². The van der Waals surface area contributed by atoms with Crippen LogP contribution in [0.4, 0.5) is 0 Å². The van der Waals surface area contributed by atoms with Gasteiger partial charge in [0.15, 0.2) is 6.10 Å². The van der Waals surface area contributed by atoms with Crippen molar-refractivity contribution in [3.8, 4) is 11.8 Å². The summed E-state index contributed by atoms with van der Waals surface area (Å²) in [5.41, 5.74) is 3.07. The van der Waals surface area contributed by atoms with Crippen LogP contribution in [0.1, 0.15) is 36.1 Å². The van der Waals surface area contributed by atoms with E-state index in [1.165, 1.54) is 11.1 Å². The monoisotopic (exact) mass is 306 g/mol. The molecule has 0 fully saturated rings. The number of ether oxygens (including phenoxy) is 1. The SMILES string of the molecule is C[C@@H](Oc1ccc(C#N)cc1)C(=O)N[C@H]1CCc2ccccc21. The van der Waals surface area contributed by atoms with E-state index in [0.717, 1.165) is 12.8 Å². The van der Waals surface area contributed by atoms with Crippen LogP contribution in [0, 0.1) is 11.3 Å². The normalized spacial score (nSPS) is 17.0. The summed E-state index contributed by atoms with van der Waals surface area (Å²) < 4.78 is 5.65. The molecule has 0 radical (unpaired) electrons.